The number of amides is 1. The summed E-state index contributed by atoms with van der Waals surface area (Å²) in [5, 5.41) is 3.36. The minimum atomic E-state index is -0.377. The van der Waals surface area contributed by atoms with Crippen molar-refractivity contribution in [3.8, 4) is 0 Å². The lowest BCUT2D eigenvalue weighted by atomic mass is 9.86. The summed E-state index contributed by atoms with van der Waals surface area (Å²) in [7, 11) is 0. The summed E-state index contributed by atoms with van der Waals surface area (Å²) in [5.74, 6) is -0.539. The van der Waals surface area contributed by atoms with Crippen molar-refractivity contribution in [3.63, 3.8) is 0 Å². The number of carbonyl (C=O) groups excluding carboxylic acids is 1. The van der Waals surface area contributed by atoms with Crippen LogP contribution in [0.25, 0.3) is 0 Å². The molecule has 2 heterocycles. The SMILES string of the molecule is Cc1cccc(C(=O)N2CCC3(CCNC3)C2)c1F. The molecule has 3 nitrogen and oxygen atoms in total. The number of halogens is 1. The van der Waals surface area contributed by atoms with E-state index in [1.165, 1.54) is 0 Å². The summed E-state index contributed by atoms with van der Waals surface area (Å²) in [6.07, 6.45) is 2.15. The van der Waals surface area contributed by atoms with Crippen LogP contribution in [-0.4, -0.2) is 37.0 Å². The molecule has 1 spiro atoms. The summed E-state index contributed by atoms with van der Waals surface area (Å²) in [5.41, 5.74) is 0.973. The van der Waals surface area contributed by atoms with Gasteiger partial charge in [-0.2, -0.15) is 0 Å². The van der Waals surface area contributed by atoms with Gasteiger partial charge < -0.3 is 10.2 Å². The summed E-state index contributed by atoms with van der Waals surface area (Å²) in [4.78, 5) is 14.2. The van der Waals surface area contributed by atoms with E-state index in [1.54, 1.807) is 25.1 Å². The molecule has 0 aromatic heterocycles. The standard InChI is InChI=1S/C15H19FN2O/c1-11-3-2-4-12(13(11)16)14(19)18-8-6-15(10-18)5-7-17-9-15/h2-4,17H,5-10H2,1H3. The van der Waals surface area contributed by atoms with Gasteiger partial charge in [-0.25, -0.2) is 4.39 Å². The van der Waals surface area contributed by atoms with Crippen molar-refractivity contribution in [1.29, 1.82) is 0 Å². The number of benzene rings is 1. The molecule has 1 unspecified atom stereocenters. The average molecular weight is 262 g/mol. The van der Waals surface area contributed by atoms with E-state index in [9.17, 15) is 9.18 Å². The van der Waals surface area contributed by atoms with Crippen molar-refractivity contribution in [2.75, 3.05) is 26.2 Å². The van der Waals surface area contributed by atoms with E-state index in [2.05, 4.69) is 5.32 Å². The lowest BCUT2D eigenvalue weighted by Crippen LogP contribution is -2.33. The number of carbonyl (C=O) groups is 1. The molecule has 0 saturated carbocycles. The highest BCUT2D eigenvalue weighted by Gasteiger charge is 2.42. The number of hydrogen-bond acceptors (Lipinski definition) is 2. The maximum atomic E-state index is 14.0. The number of nitrogens with zero attached hydrogens (tertiary/aromatic N) is 1. The number of aryl methyl sites for hydroxylation is 1. The predicted octanol–water partition coefficient (Wildman–Crippen LogP) is 1.96. The van der Waals surface area contributed by atoms with Crippen molar-refractivity contribution < 1.29 is 9.18 Å². The van der Waals surface area contributed by atoms with Gasteiger partial charge in [0.25, 0.3) is 5.91 Å². The van der Waals surface area contributed by atoms with Crippen molar-refractivity contribution in [1.82, 2.24) is 10.2 Å². The van der Waals surface area contributed by atoms with E-state index < -0.39 is 0 Å². The number of rotatable bonds is 1. The Hall–Kier alpha value is -1.42. The summed E-state index contributed by atoms with van der Waals surface area (Å²) in [6, 6.07) is 5.02. The predicted molar refractivity (Wildman–Crippen MR) is 71.6 cm³/mol. The molecule has 2 saturated heterocycles. The molecule has 2 fully saturated rings. The first kappa shape index (κ1) is 12.6. The molecule has 0 radical (unpaired) electrons. The smallest absolute Gasteiger partial charge is 0.256 e. The van der Waals surface area contributed by atoms with E-state index in [4.69, 9.17) is 0 Å². The second-order valence-corrected chi connectivity index (χ2v) is 5.84. The quantitative estimate of drug-likeness (QED) is 0.839. The molecule has 19 heavy (non-hydrogen) atoms. The zero-order valence-electron chi connectivity index (χ0n) is 11.2. The fraction of sp³-hybridized carbons (Fsp3) is 0.533. The zero-order chi connectivity index (χ0) is 13.5. The first-order valence-electron chi connectivity index (χ1n) is 6.86. The Bertz CT molecular complexity index is 509. The first-order chi connectivity index (χ1) is 9.11. The third-order valence-electron chi connectivity index (χ3n) is 4.48. The van der Waals surface area contributed by atoms with Crippen LogP contribution in [0.4, 0.5) is 4.39 Å². The van der Waals surface area contributed by atoms with E-state index in [0.717, 1.165) is 39.0 Å². The molecule has 1 atom stereocenters. The van der Waals surface area contributed by atoms with Gasteiger partial charge in [0.15, 0.2) is 0 Å². The monoisotopic (exact) mass is 262 g/mol. The Labute approximate surface area is 112 Å². The molecule has 1 aromatic rings. The van der Waals surface area contributed by atoms with E-state index in [0.29, 0.717) is 5.56 Å². The van der Waals surface area contributed by atoms with Crippen LogP contribution in [0.15, 0.2) is 18.2 Å². The van der Waals surface area contributed by atoms with Gasteiger partial charge in [0.1, 0.15) is 5.82 Å². The van der Waals surface area contributed by atoms with Crippen molar-refractivity contribution in [3.05, 3.63) is 35.1 Å². The molecule has 0 aliphatic carbocycles. The Morgan fingerprint density at radius 2 is 2.26 bits per heavy atom. The van der Waals surface area contributed by atoms with Gasteiger partial charge in [0.2, 0.25) is 0 Å². The molecule has 4 heteroatoms. The van der Waals surface area contributed by atoms with Crippen molar-refractivity contribution >= 4 is 5.91 Å². The topological polar surface area (TPSA) is 32.3 Å². The van der Waals surface area contributed by atoms with Gasteiger partial charge in [-0.15, -0.1) is 0 Å². The zero-order valence-corrected chi connectivity index (χ0v) is 11.2. The summed E-state index contributed by atoms with van der Waals surface area (Å²) < 4.78 is 14.0. The highest BCUT2D eigenvalue weighted by Crippen LogP contribution is 2.36. The molecule has 2 aliphatic rings. The molecule has 0 bridgehead atoms. The fourth-order valence-electron chi connectivity index (χ4n) is 3.24. The third kappa shape index (κ3) is 2.14. The van der Waals surface area contributed by atoms with E-state index >= 15 is 0 Å². The van der Waals surface area contributed by atoms with Crippen LogP contribution >= 0.6 is 0 Å². The molecule has 3 rings (SSSR count). The maximum absolute atomic E-state index is 14.0. The van der Waals surface area contributed by atoms with Gasteiger partial charge in [0, 0.05) is 25.0 Å². The molecular weight excluding hydrogens is 243 g/mol. The van der Waals surface area contributed by atoms with Gasteiger partial charge >= 0.3 is 0 Å². The number of hydrogen-bond donors (Lipinski definition) is 1. The minimum Gasteiger partial charge on any atom is -0.338 e. The molecule has 2 aliphatic heterocycles. The Morgan fingerprint density at radius 1 is 1.42 bits per heavy atom. The molecule has 1 aromatic carbocycles. The summed E-state index contributed by atoms with van der Waals surface area (Å²) >= 11 is 0. The van der Waals surface area contributed by atoms with Crippen LogP contribution in [-0.2, 0) is 0 Å². The van der Waals surface area contributed by atoms with Crippen LogP contribution in [0.5, 0.6) is 0 Å². The molecule has 102 valence electrons. The van der Waals surface area contributed by atoms with Crippen LogP contribution in [0.2, 0.25) is 0 Å². The molecule has 1 amide bonds. The Morgan fingerprint density at radius 3 is 3.00 bits per heavy atom. The largest absolute Gasteiger partial charge is 0.338 e. The minimum absolute atomic E-state index is 0.162. The third-order valence-corrected chi connectivity index (χ3v) is 4.48. The normalized spacial score (nSPS) is 26.3. The second-order valence-electron chi connectivity index (χ2n) is 5.84. The lowest BCUT2D eigenvalue weighted by molar-refractivity contribution is 0.0771. The highest BCUT2D eigenvalue weighted by molar-refractivity contribution is 5.95. The van der Waals surface area contributed by atoms with E-state index in [-0.39, 0.29) is 22.7 Å². The average Bonchev–Trinajstić information content (AvgIpc) is 3.03. The van der Waals surface area contributed by atoms with Gasteiger partial charge in [-0.05, 0) is 37.9 Å². The first-order valence-corrected chi connectivity index (χ1v) is 6.86. The maximum Gasteiger partial charge on any atom is 0.256 e. The lowest BCUT2D eigenvalue weighted by Gasteiger charge is -2.23. The molecular formula is C15H19FN2O. The Balaban J connectivity index is 1.80. The second kappa shape index (κ2) is 4.60. The van der Waals surface area contributed by atoms with Crippen LogP contribution in [0.3, 0.4) is 0 Å². The fourth-order valence-corrected chi connectivity index (χ4v) is 3.24. The van der Waals surface area contributed by atoms with Crippen molar-refractivity contribution in [2.24, 2.45) is 5.41 Å². The van der Waals surface area contributed by atoms with Gasteiger partial charge in [-0.1, -0.05) is 12.1 Å². The molecule has 1 N–H and O–H groups in total. The number of likely N-dealkylation sites (tertiary alicyclic amines) is 1. The Kier molecular flexibility index (Phi) is 3.05. The van der Waals surface area contributed by atoms with Crippen LogP contribution in [0.1, 0.15) is 28.8 Å². The van der Waals surface area contributed by atoms with Crippen LogP contribution in [0, 0.1) is 18.2 Å². The number of nitrogens with one attached hydrogen (secondary N) is 1. The van der Waals surface area contributed by atoms with Gasteiger partial charge in [-0.3, -0.25) is 4.79 Å². The van der Waals surface area contributed by atoms with E-state index in [1.807, 2.05) is 4.90 Å². The highest BCUT2D eigenvalue weighted by atomic mass is 19.1. The van der Waals surface area contributed by atoms with Crippen molar-refractivity contribution in [2.45, 2.75) is 19.8 Å². The van der Waals surface area contributed by atoms with Gasteiger partial charge in [0.05, 0.1) is 5.56 Å². The van der Waals surface area contributed by atoms with Crippen LogP contribution < -0.4 is 5.32 Å². The summed E-state index contributed by atoms with van der Waals surface area (Å²) in [6.45, 7) is 5.20.